The van der Waals surface area contributed by atoms with Gasteiger partial charge in [-0.25, -0.2) is 0 Å². The zero-order chi connectivity index (χ0) is 10.5. The second kappa shape index (κ2) is 3.86. The van der Waals surface area contributed by atoms with Crippen LogP contribution in [0.3, 0.4) is 0 Å². The fourth-order valence-electron chi connectivity index (χ4n) is 1.94. The van der Waals surface area contributed by atoms with Gasteiger partial charge in [0, 0.05) is 0 Å². The fourth-order valence-corrected chi connectivity index (χ4v) is 16.9. The average Bonchev–Trinajstić information content (AvgIpc) is 2.51. The van der Waals surface area contributed by atoms with Crippen LogP contribution in [-0.2, 0) is 0 Å². The van der Waals surface area contributed by atoms with Gasteiger partial charge in [0.05, 0.1) is 0 Å². The molecule has 76 valence electrons. The molecule has 2 aromatic rings. The Kier molecular flexibility index (Phi) is 2.79. The molecule has 0 nitrogen and oxygen atoms in total. The van der Waals surface area contributed by atoms with Gasteiger partial charge in [0.15, 0.2) is 0 Å². The molecular formula is C12H8I2Te. The Morgan fingerprint density at radius 2 is 1.07 bits per heavy atom. The van der Waals surface area contributed by atoms with Crippen LogP contribution in [0.25, 0.3) is 11.1 Å². The van der Waals surface area contributed by atoms with E-state index in [4.69, 9.17) is 0 Å². The Morgan fingerprint density at radius 3 is 1.53 bits per heavy atom. The summed E-state index contributed by atoms with van der Waals surface area (Å²) in [4.78, 5) is 0. The first-order chi connectivity index (χ1) is 7.21. The minimum atomic E-state index is -2.01. The molecule has 15 heavy (non-hydrogen) atoms. The summed E-state index contributed by atoms with van der Waals surface area (Å²) in [5.74, 6) is 0. The summed E-state index contributed by atoms with van der Waals surface area (Å²) >= 11 is 5.45. The number of rotatable bonds is 0. The molecule has 0 N–H and O–H groups in total. The van der Waals surface area contributed by atoms with E-state index in [0.29, 0.717) is 0 Å². The molecule has 0 fully saturated rings. The summed E-state index contributed by atoms with van der Waals surface area (Å²) < 4.78 is 3.23. The molecule has 3 heteroatoms. The Hall–Kier alpha value is 0.690. The Labute approximate surface area is 113 Å². The van der Waals surface area contributed by atoms with Gasteiger partial charge in [-0.1, -0.05) is 0 Å². The predicted molar refractivity (Wildman–Crippen MR) is 84.9 cm³/mol. The van der Waals surface area contributed by atoms with Gasteiger partial charge in [-0.2, -0.15) is 0 Å². The summed E-state index contributed by atoms with van der Waals surface area (Å²) in [7, 11) is -2.01. The van der Waals surface area contributed by atoms with E-state index in [9.17, 15) is 0 Å². The molecule has 0 unspecified atom stereocenters. The maximum absolute atomic E-state index is 2.73. The van der Waals surface area contributed by atoms with Gasteiger partial charge >= 0.3 is 115 Å². The molecular weight excluding hydrogens is 526 g/mol. The summed E-state index contributed by atoms with van der Waals surface area (Å²) in [6.07, 6.45) is 0. The molecule has 0 bridgehead atoms. The third-order valence-electron chi connectivity index (χ3n) is 2.62. The van der Waals surface area contributed by atoms with Crippen molar-refractivity contribution >= 4 is 54.9 Å². The SMILES string of the molecule is I[Te]1(I)c2ccccc2-c2ccccc21. The van der Waals surface area contributed by atoms with E-state index < -0.39 is 10.3 Å². The van der Waals surface area contributed by atoms with Crippen molar-refractivity contribution in [1.29, 1.82) is 0 Å². The zero-order valence-electron chi connectivity index (χ0n) is 7.78. The summed E-state index contributed by atoms with van der Waals surface area (Å²) in [5, 5.41) is 0. The number of halogens is 2. The van der Waals surface area contributed by atoms with Crippen LogP contribution in [0, 0.1) is 0 Å². The van der Waals surface area contributed by atoms with Crippen LogP contribution in [0.2, 0.25) is 0 Å². The van der Waals surface area contributed by atoms with Crippen LogP contribution in [0.1, 0.15) is 0 Å². The quantitative estimate of drug-likeness (QED) is 0.361. The van der Waals surface area contributed by atoms with Gasteiger partial charge in [-0.15, -0.1) is 0 Å². The Morgan fingerprint density at radius 1 is 0.667 bits per heavy atom. The van der Waals surface area contributed by atoms with Crippen molar-refractivity contribution in [2.75, 3.05) is 0 Å². The molecule has 0 aromatic heterocycles. The molecule has 0 atom stereocenters. The number of benzene rings is 2. The van der Waals surface area contributed by atoms with Crippen molar-refractivity contribution in [3.63, 3.8) is 0 Å². The molecule has 1 aliphatic rings. The summed E-state index contributed by atoms with van der Waals surface area (Å²) in [6, 6.07) is 17.8. The van der Waals surface area contributed by atoms with E-state index in [1.165, 1.54) is 11.1 Å². The fraction of sp³-hybridized carbons (Fsp3) is 0. The van der Waals surface area contributed by atoms with Gasteiger partial charge in [-0.3, -0.25) is 0 Å². The molecule has 0 saturated carbocycles. The standard InChI is InChI=1S/C12H8I2Te/c13-15(14)11-7-3-1-5-9(11)10-6-2-4-8-12(10)15/h1-8H. The Bertz CT molecular complexity index is 487. The minimum absolute atomic E-state index is 1.47. The maximum atomic E-state index is 2.73. The van der Waals surface area contributed by atoms with E-state index in [2.05, 4.69) is 85.9 Å². The van der Waals surface area contributed by atoms with Crippen molar-refractivity contribution in [1.82, 2.24) is 0 Å². The van der Waals surface area contributed by atoms with Crippen molar-refractivity contribution in [3.8, 4) is 11.1 Å². The van der Waals surface area contributed by atoms with Gasteiger partial charge in [0.25, 0.3) is 0 Å². The van der Waals surface area contributed by atoms with Crippen molar-refractivity contribution in [2.45, 2.75) is 0 Å². The van der Waals surface area contributed by atoms with Crippen LogP contribution in [-0.4, -0.2) is 10.3 Å². The third-order valence-corrected chi connectivity index (χ3v) is 20.5. The molecule has 1 aliphatic heterocycles. The first-order valence-electron chi connectivity index (χ1n) is 4.62. The zero-order valence-corrected chi connectivity index (χ0v) is 14.4. The molecule has 0 aliphatic carbocycles. The number of hydrogen-bond acceptors (Lipinski definition) is 0. The molecule has 3 rings (SSSR count). The van der Waals surface area contributed by atoms with Gasteiger partial charge < -0.3 is 0 Å². The molecule has 0 spiro atoms. The summed E-state index contributed by atoms with van der Waals surface area (Å²) in [6.45, 7) is 0. The van der Waals surface area contributed by atoms with Crippen LogP contribution in [0.5, 0.6) is 0 Å². The molecule has 1 heterocycles. The second-order valence-corrected chi connectivity index (χ2v) is 37.7. The first-order valence-corrected chi connectivity index (χ1v) is 20.5. The molecule has 0 radical (unpaired) electrons. The van der Waals surface area contributed by atoms with Crippen molar-refractivity contribution in [2.24, 2.45) is 0 Å². The molecule has 0 amide bonds. The Balaban J connectivity index is 2.42. The van der Waals surface area contributed by atoms with E-state index in [1.807, 2.05) is 0 Å². The van der Waals surface area contributed by atoms with Gasteiger partial charge in [0.1, 0.15) is 0 Å². The van der Waals surface area contributed by atoms with E-state index in [1.54, 1.807) is 7.22 Å². The number of fused-ring (bicyclic) bond motifs is 3. The predicted octanol–water partition coefficient (Wildman–Crippen LogP) is 3.09. The normalized spacial score (nSPS) is 18.0. The van der Waals surface area contributed by atoms with Crippen LogP contribution >= 0.6 is 37.4 Å². The summed E-state index contributed by atoms with van der Waals surface area (Å²) in [5.41, 5.74) is 2.94. The van der Waals surface area contributed by atoms with Gasteiger partial charge in [-0.05, 0) is 0 Å². The molecule has 2 aromatic carbocycles. The van der Waals surface area contributed by atoms with Crippen LogP contribution in [0.4, 0.5) is 0 Å². The first kappa shape index (κ1) is 10.8. The third kappa shape index (κ3) is 1.58. The van der Waals surface area contributed by atoms with Crippen LogP contribution < -0.4 is 7.22 Å². The second-order valence-electron chi connectivity index (χ2n) is 3.46. The van der Waals surface area contributed by atoms with Crippen molar-refractivity contribution in [3.05, 3.63) is 48.5 Å². The van der Waals surface area contributed by atoms with E-state index >= 15 is 0 Å². The van der Waals surface area contributed by atoms with E-state index in [-0.39, 0.29) is 0 Å². The van der Waals surface area contributed by atoms with Crippen molar-refractivity contribution < 1.29 is 0 Å². The van der Waals surface area contributed by atoms with E-state index in [0.717, 1.165) is 0 Å². The molecule has 0 saturated heterocycles. The topological polar surface area (TPSA) is 0 Å². The van der Waals surface area contributed by atoms with Crippen LogP contribution in [0.15, 0.2) is 48.5 Å². The van der Waals surface area contributed by atoms with Gasteiger partial charge in [0.2, 0.25) is 0 Å². The number of hydrogen-bond donors (Lipinski definition) is 0. The monoisotopic (exact) mass is 536 g/mol. The average molecular weight is 534 g/mol.